The van der Waals surface area contributed by atoms with Gasteiger partial charge in [0.2, 0.25) is 0 Å². The molecule has 1 unspecified atom stereocenters. The lowest BCUT2D eigenvalue weighted by Crippen LogP contribution is -2.30. The molecule has 0 amide bonds. The van der Waals surface area contributed by atoms with Crippen LogP contribution in [0.2, 0.25) is 0 Å². The Hall–Kier alpha value is -3.41. The molecule has 0 aliphatic heterocycles. The minimum Gasteiger partial charge on any atom is -0.462 e. The number of carbonyl (C=O) groups is 3. The second-order valence-corrected chi connectivity index (χ2v) is 19.7. The number of hydrogen-bond donors (Lipinski definition) is 0. The molecule has 6 nitrogen and oxygen atoms in total. The van der Waals surface area contributed by atoms with Crippen molar-refractivity contribution in [1.29, 1.82) is 0 Å². The molecule has 70 heavy (non-hydrogen) atoms. The van der Waals surface area contributed by atoms with E-state index in [1.54, 1.807) is 0 Å². The zero-order valence-corrected chi connectivity index (χ0v) is 46.0. The van der Waals surface area contributed by atoms with Crippen LogP contribution >= 0.6 is 0 Å². The number of unbranched alkanes of at least 4 members (excludes halogenated alkanes) is 33. The van der Waals surface area contributed by atoms with Crippen LogP contribution in [0.3, 0.4) is 0 Å². The van der Waals surface area contributed by atoms with E-state index in [0.29, 0.717) is 19.3 Å². The van der Waals surface area contributed by atoms with Gasteiger partial charge in [-0.05, 0) is 64.2 Å². The number of allylic oxidation sites excluding steroid dienone is 14. The van der Waals surface area contributed by atoms with Crippen molar-refractivity contribution in [2.45, 2.75) is 290 Å². The van der Waals surface area contributed by atoms with Crippen LogP contribution in [0.15, 0.2) is 85.1 Å². The predicted molar refractivity (Wildman–Crippen MR) is 302 cm³/mol. The highest BCUT2D eigenvalue weighted by Gasteiger charge is 2.19. The van der Waals surface area contributed by atoms with Gasteiger partial charge in [-0.2, -0.15) is 0 Å². The van der Waals surface area contributed by atoms with Crippen LogP contribution in [0.5, 0.6) is 0 Å². The summed E-state index contributed by atoms with van der Waals surface area (Å²) in [7, 11) is 0. The van der Waals surface area contributed by atoms with Crippen molar-refractivity contribution in [1.82, 2.24) is 0 Å². The largest absolute Gasteiger partial charge is 0.462 e. The first-order valence-electron chi connectivity index (χ1n) is 29.7. The first-order valence-corrected chi connectivity index (χ1v) is 29.7. The Morgan fingerprint density at radius 2 is 0.557 bits per heavy atom. The third kappa shape index (κ3) is 55.5. The summed E-state index contributed by atoms with van der Waals surface area (Å²) in [6.45, 7) is 6.46. The minimum absolute atomic E-state index is 0.0903. The van der Waals surface area contributed by atoms with Crippen LogP contribution in [0.4, 0.5) is 0 Å². The molecular weight excluding hydrogens is 865 g/mol. The van der Waals surface area contributed by atoms with Crippen LogP contribution in [0.1, 0.15) is 284 Å². The second-order valence-electron chi connectivity index (χ2n) is 19.7. The molecule has 0 radical (unpaired) electrons. The molecule has 6 heteroatoms. The smallest absolute Gasteiger partial charge is 0.306 e. The topological polar surface area (TPSA) is 78.9 Å². The van der Waals surface area contributed by atoms with E-state index in [0.717, 1.165) is 70.6 Å². The van der Waals surface area contributed by atoms with Crippen molar-refractivity contribution in [2.75, 3.05) is 13.2 Å². The SMILES string of the molecule is CC\C=C/C=C\C=C/C=C\C=C/CCCCCC(=O)OCC(COC(=O)CCCCCCCCCCCC/C=C\C=C/CCCCC)OC(=O)CCCCCCCCCCCCCCCCCCCC. The van der Waals surface area contributed by atoms with E-state index in [9.17, 15) is 14.4 Å². The summed E-state index contributed by atoms with van der Waals surface area (Å²) in [5.41, 5.74) is 0. The number of esters is 3. The number of ether oxygens (including phenoxy) is 3. The lowest BCUT2D eigenvalue weighted by Gasteiger charge is -2.18. The highest BCUT2D eigenvalue weighted by Crippen LogP contribution is 2.16. The summed E-state index contributed by atoms with van der Waals surface area (Å²) in [5.74, 6) is -0.926. The molecule has 0 rings (SSSR count). The van der Waals surface area contributed by atoms with E-state index in [2.05, 4.69) is 63.3 Å². The van der Waals surface area contributed by atoms with E-state index in [1.165, 1.54) is 173 Å². The third-order valence-corrected chi connectivity index (χ3v) is 12.8. The normalized spacial score (nSPS) is 12.7. The summed E-state index contributed by atoms with van der Waals surface area (Å²) in [6, 6.07) is 0. The quantitative estimate of drug-likeness (QED) is 0.0261. The number of rotatable bonds is 53. The Morgan fingerprint density at radius 1 is 0.300 bits per heavy atom. The number of hydrogen-bond acceptors (Lipinski definition) is 6. The molecule has 402 valence electrons. The molecule has 0 fully saturated rings. The highest BCUT2D eigenvalue weighted by molar-refractivity contribution is 5.71. The average molecular weight is 976 g/mol. The predicted octanol–water partition coefficient (Wildman–Crippen LogP) is 19.9. The first kappa shape index (κ1) is 66.6. The van der Waals surface area contributed by atoms with Gasteiger partial charge in [-0.3, -0.25) is 14.4 Å². The van der Waals surface area contributed by atoms with Gasteiger partial charge >= 0.3 is 17.9 Å². The summed E-state index contributed by atoms with van der Waals surface area (Å²) in [4.78, 5) is 38.2. The van der Waals surface area contributed by atoms with E-state index in [1.807, 2.05) is 42.5 Å². The Morgan fingerprint density at radius 3 is 0.929 bits per heavy atom. The average Bonchev–Trinajstić information content (AvgIpc) is 3.36. The van der Waals surface area contributed by atoms with Gasteiger partial charge < -0.3 is 14.2 Å². The Balaban J connectivity index is 4.41. The first-order chi connectivity index (χ1) is 34.5. The van der Waals surface area contributed by atoms with Gasteiger partial charge in [-0.25, -0.2) is 0 Å². The van der Waals surface area contributed by atoms with E-state index in [-0.39, 0.29) is 31.1 Å². The third-order valence-electron chi connectivity index (χ3n) is 12.8. The molecule has 0 aliphatic carbocycles. The van der Waals surface area contributed by atoms with Crippen molar-refractivity contribution in [3.63, 3.8) is 0 Å². The van der Waals surface area contributed by atoms with Crippen molar-refractivity contribution >= 4 is 17.9 Å². The van der Waals surface area contributed by atoms with Crippen LogP contribution in [-0.2, 0) is 28.6 Å². The summed E-state index contributed by atoms with van der Waals surface area (Å²) in [5, 5.41) is 0. The lowest BCUT2D eigenvalue weighted by molar-refractivity contribution is -0.167. The van der Waals surface area contributed by atoms with Gasteiger partial charge in [0, 0.05) is 19.3 Å². The summed E-state index contributed by atoms with van der Waals surface area (Å²) in [6.07, 6.45) is 75.7. The van der Waals surface area contributed by atoms with Crippen molar-refractivity contribution in [3.05, 3.63) is 85.1 Å². The molecule has 0 bridgehead atoms. The minimum atomic E-state index is -0.795. The van der Waals surface area contributed by atoms with Gasteiger partial charge in [0.1, 0.15) is 13.2 Å². The Labute approximate surface area is 433 Å². The van der Waals surface area contributed by atoms with E-state index >= 15 is 0 Å². The maximum absolute atomic E-state index is 12.9. The highest BCUT2D eigenvalue weighted by atomic mass is 16.6. The van der Waals surface area contributed by atoms with Gasteiger partial charge in [0.25, 0.3) is 0 Å². The molecule has 0 saturated heterocycles. The van der Waals surface area contributed by atoms with Crippen molar-refractivity contribution < 1.29 is 28.6 Å². The maximum atomic E-state index is 12.9. The van der Waals surface area contributed by atoms with Gasteiger partial charge in [-0.1, -0.05) is 286 Å². The fraction of sp³-hybridized carbons (Fsp3) is 0.734. The standard InChI is InChI=1S/C64H110O6/c1-4-7-10-13-16-19-22-25-28-30-32-34-36-39-42-45-48-51-54-57-63(66)69-60-61(59-68-62(65)56-53-50-47-44-41-38-35-27-24-21-18-15-12-9-6-3)70-64(67)58-55-52-49-46-43-40-37-33-31-29-26-23-20-17-14-11-8-5-2/h9,12,15-16,18-19,21-22,24-25,27,35,38,41,61H,4-8,10-11,13-14,17,20,23,26,28-34,36-37,39-40,42-60H2,1-3H3/b12-9-,18-15-,19-16-,24-21-,25-22-,35-27-,41-38-. The Kier molecular flexibility index (Phi) is 55.3. The molecule has 0 saturated carbocycles. The zero-order chi connectivity index (χ0) is 50.7. The molecule has 0 heterocycles. The summed E-state index contributed by atoms with van der Waals surface area (Å²) < 4.78 is 16.9. The van der Waals surface area contributed by atoms with Crippen molar-refractivity contribution in [2.24, 2.45) is 0 Å². The van der Waals surface area contributed by atoms with Crippen molar-refractivity contribution in [3.8, 4) is 0 Å². The van der Waals surface area contributed by atoms with Crippen LogP contribution < -0.4 is 0 Å². The molecule has 0 aliphatic rings. The maximum Gasteiger partial charge on any atom is 0.306 e. The van der Waals surface area contributed by atoms with Crippen LogP contribution in [0.25, 0.3) is 0 Å². The molecular formula is C64H110O6. The molecule has 0 spiro atoms. The van der Waals surface area contributed by atoms with Gasteiger partial charge in [0.05, 0.1) is 0 Å². The monoisotopic (exact) mass is 975 g/mol. The van der Waals surface area contributed by atoms with Crippen LogP contribution in [-0.4, -0.2) is 37.2 Å². The Bertz CT molecular complexity index is 1350. The molecule has 0 aromatic heterocycles. The fourth-order valence-electron chi connectivity index (χ4n) is 8.34. The van der Waals surface area contributed by atoms with Gasteiger partial charge in [-0.15, -0.1) is 0 Å². The zero-order valence-electron chi connectivity index (χ0n) is 46.0. The number of carbonyl (C=O) groups excluding carboxylic acids is 3. The molecule has 1 atom stereocenters. The van der Waals surface area contributed by atoms with E-state index in [4.69, 9.17) is 14.2 Å². The molecule has 0 N–H and O–H groups in total. The van der Waals surface area contributed by atoms with Crippen LogP contribution in [0, 0.1) is 0 Å². The van der Waals surface area contributed by atoms with Gasteiger partial charge in [0.15, 0.2) is 6.10 Å². The van der Waals surface area contributed by atoms with E-state index < -0.39 is 6.10 Å². The summed E-state index contributed by atoms with van der Waals surface area (Å²) >= 11 is 0. The lowest BCUT2D eigenvalue weighted by atomic mass is 10.0. The molecule has 0 aromatic carbocycles. The fourth-order valence-corrected chi connectivity index (χ4v) is 8.34. The molecule has 0 aromatic rings. The second kappa shape index (κ2) is 58.2.